The van der Waals surface area contributed by atoms with E-state index in [4.69, 9.17) is 0 Å². The van der Waals surface area contributed by atoms with Gasteiger partial charge in [-0.1, -0.05) is 0 Å². The van der Waals surface area contributed by atoms with Gasteiger partial charge in [-0.3, -0.25) is 35.2 Å². The lowest BCUT2D eigenvalue weighted by Crippen LogP contribution is -2.46. The highest BCUT2D eigenvalue weighted by atomic mass is 32.2. The molecule has 2 aliphatic heterocycles. The SMILES string of the molecule is CCN(CC)C(=O)[C@H]1CCCN(c2ccc([N+](=O)[O-])cc2/C=N\Nc2ccc([N+](=O)[O-])cc2S(=O)(=O)N2CCC[C@H](C(=O)N(CC)CC)C2)C1. The van der Waals surface area contributed by atoms with E-state index >= 15 is 0 Å². The number of nitro benzene ring substituents is 2. The number of piperidine rings is 2. The van der Waals surface area contributed by atoms with E-state index in [9.17, 15) is 38.2 Å². The molecule has 2 aliphatic rings. The average molecular weight is 715 g/mol. The Hall–Kier alpha value is -4.64. The molecule has 0 unspecified atom stereocenters. The number of rotatable bonds is 14. The van der Waals surface area contributed by atoms with Gasteiger partial charge in [-0.15, -0.1) is 0 Å². The first kappa shape index (κ1) is 38.2. The summed E-state index contributed by atoms with van der Waals surface area (Å²) in [5, 5.41) is 27.6. The lowest BCUT2D eigenvalue weighted by molar-refractivity contribution is -0.385. The van der Waals surface area contributed by atoms with E-state index in [-0.39, 0.29) is 47.1 Å². The number of amides is 2. The van der Waals surface area contributed by atoms with Crippen molar-refractivity contribution in [2.24, 2.45) is 16.9 Å². The van der Waals surface area contributed by atoms with Crippen LogP contribution in [0.1, 0.15) is 58.9 Å². The number of sulfonamides is 1. The van der Waals surface area contributed by atoms with Crippen molar-refractivity contribution in [3.8, 4) is 0 Å². The Morgan fingerprint density at radius 3 is 1.98 bits per heavy atom. The summed E-state index contributed by atoms with van der Waals surface area (Å²) in [5.41, 5.74) is 3.02. The van der Waals surface area contributed by atoms with Crippen LogP contribution in [0, 0.1) is 32.1 Å². The minimum Gasteiger partial charge on any atom is -0.370 e. The molecule has 50 heavy (non-hydrogen) atoms. The summed E-state index contributed by atoms with van der Waals surface area (Å²) in [4.78, 5) is 53.4. The molecule has 2 aromatic carbocycles. The Morgan fingerprint density at radius 2 is 1.40 bits per heavy atom. The molecule has 1 N–H and O–H groups in total. The third-order valence-electron chi connectivity index (χ3n) is 9.40. The minimum atomic E-state index is -4.33. The number of nitrogens with zero attached hydrogens (tertiary/aromatic N) is 7. The van der Waals surface area contributed by atoms with Crippen molar-refractivity contribution in [3.63, 3.8) is 0 Å². The van der Waals surface area contributed by atoms with Gasteiger partial charge in [0.1, 0.15) is 4.90 Å². The molecule has 272 valence electrons. The van der Waals surface area contributed by atoms with Crippen LogP contribution in [0.25, 0.3) is 0 Å². The van der Waals surface area contributed by atoms with Crippen molar-refractivity contribution in [2.45, 2.75) is 58.3 Å². The van der Waals surface area contributed by atoms with Crippen LogP contribution in [0.5, 0.6) is 0 Å². The Labute approximate surface area is 292 Å². The third kappa shape index (κ3) is 8.56. The number of hydrogen-bond acceptors (Lipinski definition) is 11. The standard InChI is InChI=1S/C33H46N8O8S/c1-5-36(6-2)32(42)24-11-9-17-38(22-24)30-16-14-27(40(44)45)19-26(30)21-34-35-29-15-13-28(41(46)47)20-31(29)50(48,49)39-18-10-12-25(23-39)33(43)37(7-3)8-4/h13-16,19-21,24-25,35H,5-12,17-18,22-23H2,1-4H3/b34-21-/t24-,25-/m0/s1. The van der Waals surface area contributed by atoms with Crippen molar-refractivity contribution in [1.82, 2.24) is 14.1 Å². The van der Waals surface area contributed by atoms with Crippen LogP contribution in [0.4, 0.5) is 22.7 Å². The summed E-state index contributed by atoms with van der Waals surface area (Å²) >= 11 is 0. The Morgan fingerprint density at radius 1 is 0.860 bits per heavy atom. The van der Waals surface area contributed by atoms with Crippen LogP contribution < -0.4 is 10.3 Å². The zero-order chi connectivity index (χ0) is 36.6. The molecule has 2 fully saturated rings. The largest absolute Gasteiger partial charge is 0.370 e. The minimum absolute atomic E-state index is 0.0427. The molecule has 2 amide bonds. The molecule has 0 bridgehead atoms. The van der Waals surface area contributed by atoms with Gasteiger partial charge in [0.25, 0.3) is 11.4 Å². The molecule has 0 aromatic heterocycles. The molecule has 2 saturated heterocycles. The summed E-state index contributed by atoms with van der Waals surface area (Å²) < 4.78 is 29.2. The number of anilines is 2. The van der Waals surface area contributed by atoms with Gasteiger partial charge in [-0.25, -0.2) is 8.42 Å². The fraction of sp³-hybridized carbons (Fsp3) is 0.545. The molecule has 16 nitrogen and oxygen atoms in total. The lowest BCUT2D eigenvalue weighted by atomic mass is 9.95. The van der Waals surface area contributed by atoms with Gasteiger partial charge in [-0.2, -0.15) is 9.41 Å². The summed E-state index contributed by atoms with van der Waals surface area (Å²) in [6.45, 7) is 10.9. The second-order valence-corrected chi connectivity index (χ2v) is 14.2. The highest BCUT2D eigenvalue weighted by molar-refractivity contribution is 7.89. The highest BCUT2D eigenvalue weighted by Gasteiger charge is 2.36. The topological polar surface area (TPSA) is 192 Å². The number of hydrogen-bond donors (Lipinski definition) is 1. The van der Waals surface area contributed by atoms with Gasteiger partial charge in [0.2, 0.25) is 21.8 Å². The van der Waals surface area contributed by atoms with Crippen LogP contribution in [0.2, 0.25) is 0 Å². The zero-order valence-electron chi connectivity index (χ0n) is 29.0. The Kier molecular flexibility index (Phi) is 12.9. The molecule has 0 saturated carbocycles. The van der Waals surface area contributed by atoms with E-state index in [0.717, 1.165) is 25.0 Å². The molecule has 0 spiro atoms. The van der Waals surface area contributed by atoms with Crippen LogP contribution in [-0.2, 0) is 19.6 Å². The third-order valence-corrected chi connectivity index (χ3v) is 11.3. The summed E-state index contributed by atoms with van der Waals surface area (Å²) in [6, 6.07) is 7.70. The number of hydrazone groups is 1. The maximum absolute atomic E-state index is 14.0. The van der Waals surface area contributed by atoms with E-state index in [0.29, 0.717) is 63.4 Å². The van der Waals surface area contributed by atoms with E-state index < -0.39 is 31.5 Å². The van der Waals surface area contributed by atoms with Gasteiger partial charge in [0, 0.05) is 87.9 Å². The average Bonchev–Trinajstić information content (AvgIpc) is 3.12. The lowest BCUT2D eigenvalue weighted by Gasteiger charge is -2.36. The normalized spacial score (nSPS) is 18.5. The first-order valence-corrected chi connectivity index (χ1v) is 18.5. The number of nitro groups is 2. The molecule has 4 rings (SSSR count). The van der Waals surface area contributed by atoms with Crippen molar-refractivity contribution in [2.75, 3.05) is 62.7 Å². The number of non-ortho nitro benzene ring substituents is 2. The van der Waals surface area contributed by atoms with Gasteiger partial charge < -0.3 is 14.7 Å². The number of carbonyl (C=O) groups excluding carboxylic acids is 2. The van der Waals surface area contributed by atoms with Crippen LogP contribution in [-0.4, -0.2) is 103 Å². The van der Waals surface area contributed by atoms with Crippen molar-refractivity contribution in [1.29, 1.82) is 0 Å². The fourth-order valence-electron chi connectivity index (χ4n) is 6.63. The smallest absolute Gasteiger partial charge is 0.270 e. The van der Waals surface area contributed by atoms with Gasteiger partial charge in [-0.05, 0) is 65.5 Å². The quantitative estimate of drug-likeness (QED) is 0.168. The summed E-state index contributed by atoms with van der Waals surface area (Å²) in [5.74, 6) is -0.869. The molecule has 0 radical (unpaired) electrons. The highest BCUT2D eigenvalue weighted by Crippen LogP contribution is 2.33. The monoisotopic (exact) mass is 714 g/mol. The molecular weight excluding hydrogens is 668 g/mol. The maximum Gasteiger partial charge on any atom is 0.270 e. The van der Waals surface area contributed by atoms with Crippen LogP contribution in [0.3, 0.4) is 0 Å². The van der Waals surface area contributed by atoms with Crippen molar-refractivity contribution in [3.05, 3.63) is 62.2 Å². The molecule has 17 heteroatoms. The first-order chi connectivity index (χ1) is 23.9. The van der Waals surface area contributed by atoms with Gasteiger partial charge >= 0.3 is 0 Å². The predicted octanol–water partition coefficient (Wildman–Crippen LogP) is 4.30. The van der Waals surface area contributed by atoms with E-state index in [1.165, 1.54) is 28.7 Å². The zero-order valence-corrected chi connectivity index (χ0v) is 29.8. The Bertz CT molecular complexity index is 1710. The van der Waals surface area contributed by atoms with Gasteiger partial charge in [0.15, 0.2) is 0 Å². The number of nitrogens with one attached hydrogen (secondary N) is 1. The molecular formula is C33H46N8O8S. The van der Waals surface area contributed by atoms with Gasteiger partial charge in [0.05, 0.1) is 33.6 Å². The van der Waals surface area contributed by atoms with Crippen molar-refractivity contribution >= 4 is 50.8 Å². The number of benzene rings is 2. The molecule has 0 aliphatic carbocycles. The first-order valence-electron chi connectivity index (χ1n) is 17.0. The predicted molar refractivity (Wildman–Crippen MR) is 190 cm³/mol. The second kappa shape index (κ2) is 16.8. The van der Waals surface area contributed by atoms with E-state index in [1.807, 2.05) is 32.6 Å². The summed E-state index contributed by atoms with van der Waals surface area (Å²) in [6.07, 6.45) is 3.77. The van der Waals surface area contributed by atoms with Crippen LogP contribution >= 0.6 is 0 Å². The Balaban J connectivity index is 1.65. The fourth-order valence-corrected chi connectivity index (χ4v) is 8.32. The number of carbonyl (C=O) groups is 2. The second-order valence-electron chi connectivity index (χ2n) is 12.3. The van der Waals surface area contributed by atoms with E-state index in [2.05, 4.69) is 10.5 Å². The van der Waals surface area contributed by atoms with E-state index in [1.54, 1.807) is 15.9 Å². The maximum atomic E-state index is 14.0. The molecule has 2 aromatic rings. The molecule has 2 heterocycles. The van der Waals surface area contributed by atoms with Crippen molar-refractivity contribution < 1.29 is 27.9 Å². The summed E-state index contributed by atoms with van der Waals surface area (Å²) in [7, 11) is -4.33. The molecule has 2 atom stereocenters. The van der Waals surface area contributed by atoms with Crippen LogP contribution in [0.15, 0.2) is 46.4 Å².